The molecule has 1 aliphatic heterocycles. The molecule has 1 aromatic rings. The Morgan fingerprint density at radius 1 is 1.15 bits per heavy atom. The van der Waals surface area contributed by atoms with Crippen molar-refractivity contribution in [2.24, 2.45) is 11.8 Å². The summed E-state index contributed by atoms with van der Waals surface area (Å²) in [6.07, 6.45) is 2.80. The molecule has 0 N–H and O–H groups in total. The van der Waals surface area contributed by atoms with Gasteiger partial charge in [0.1, 0.15) is 0 Å². The molecule has 1 aromatic carbocycles. The van der Waals surface area contributed by atoms with Gasteiger partial charge in [0.05, 0.1) is 12.4 Å². The fourth-order valence-electron chi connectivity index (χ4n) is 3.64. The van der Waals surface area contributed by atoms with Crippen LogP contribution in [0.5, 0.6) is 0 Å². The summed E-state index contributed by atoms with van der Waals surface area (Å²) in [5.41, 5.74) is 1.34. The Bertz CT molecular complexity index is 544. The second-order valence-electron chi connectivity index (χ2n) is 6.09. The highest BCUT2D eigenvalue weighted by atomic mass is 32.2. The Balaban J connectivity index is 1.53. The monoisotopic (exact) mass is 295 g/mol. The van der Waals surface area contributed by atoms with E-state index < -0.39 is 10.1 Å². The predicted molar refractivity (Wildman–Crippen MR) is 77.6 cm³/mol. The van der Waals surface area contributed by atoms with Gasteiger partial charge in [-0.25, -0.2) is 0 Å². The summed E-state index contributed by atoms with van der Waals surface area (Å²) >= 11 is 0. The third-order valence-electron chi connectivity index (χ3n) is 4.34. The van der Waals surface area contributed by atoms with E-state index >= 15 is 0 Å². The zero-order chi connectivity index (χ0) is 14.2. The highest BCUT2D eigenvalue weighted by Gasteiger charge is 2.42. The van der Waals surface area contributed by atoms with E-state index in [1.165, 1.54) is 5.56 Å². The highest BCUT2D eigenvalue weighted by Crippen LogP contribution is 2.40. The van der Waals surface area contributed by atoms with Gasteiger partial charge in [0, 0.05) is 19.6 Å². The fourth-order valence-corrected chi connectivity index (χ4v) is 4.29. The Morgan fingerprint density at radius 3 is 2.30 bits per heavy atom. The van der Waals surface area contributed by atoms with Crippen molar-refractivity contribution < 1.29 is 12.6 Å². The van der Waals surface area contributed by atoms with Crippen LogP contribution in [0.2, 0.25) is 0 Å². The van der Waals surface area contributed by atoms with Crippen molar-refractivity contribution in [1.29, 1.82) is 0 Å². The lowest BCUT2D eigenvalue weighted by molar-refractivity contribution is 0.192. The van der Waals surface area contributed by atoms with Crippen LogP contribution in [0.15, 0.2) is 30.3 Å². The number of hydrogen-bond donors (Lipinski definition) is 0. The Kier molecular flexibility index (Phi) is 3.84. The molecule has 3 atom stereocenters. The van der Waals surface area contributed by atoms with Crippen LogP contribution in [-0.2, 0) is 20.8 Å². The first kappa shape index (κ1) is 14.0. The summed E-state index contributed by atoms with van der Waals surface area (Å²) in [6.45, 7) is 3.11. The van der Waals surface area contributed by atoms with Crippen LogP contribution in [-0.4, -0.2) is 38.8 Å². The van der Waals surface area contributed by atoms with E-state index in [9.17, 15) is 8.42 Å². The Labute approximate surface area is 120 Å². The van der Waals surface area contributed by atoms with Crippen molar-refractivity contribution in [2.75, 3.05) is 19.3 Å². The Morgan fingerprint density at radius 2 is 1.75 bits per heavy atom. The molecule has 0 amide bonds. The van der Waals surface area contributed by atoms with Gasteiger partial charge in [0.2, 0.25) is 0 Å². The molecule has 4 nitrogen and oxygen atoms in total. The van der Waals surface area contributed by atoms with E-state index in [1.807, 2.05) is 6.07 Å². The summed E-state index contributed by atoms with van der Waals surface area (Å²) in [7, 11) is -3.31. The van der Waals surface area contributed by atoms with Gasteiger partial charge in [-0.15, -0.1) is 0 Å². The minimum atomic E-state index is -3.31. The van der Waals surface area contributed by atoms with Crippen LogP contribution >= 0.6 is 0 Å². The molecule has 0 unspecified atom stereocenters. The van der Waals surface area contributed by atoms with Gasteiger partial charge < -0.3 is 0 Å². The molecule has 1 heterocycles. The number of nitrogens with zero attached hydrogens (tertiary/aromatic N) is 1. The fraction of sp³-hybridized carbons (Fsp3) is 0.600. The van der Waals surface area contributed by atoms with Crippen LogP contribution in [0.25, 0.3) is 0 Å². The maximum Gasteiger partial charge on any atom is 0.264 e. The maximum atomic E-state index is 11.2. The number of hydrogen-bond acceptors (Lipinski definition) is 4. The quantitative estimate of drug-likeness (QED) is 0.796. The van der Waals surface area contributed by atoms with Gasteiger partial charge in [-0.1, -0.05) is 30.3 Å². The third kappa shape index (κ3) is 3.40. The smallest absolute Gasteiger partial charge is 0.264 e. The van der Waals surface area contributed by atoms with Crippen molar-refractivity contribution in [1.82, 2.24) is 4.90 Å². The van der Waals surface area contributed by atoms with E-state index in [0.717, 1.165) is 38.7 Å². The van der Waals surface area contributed by atoms with Crippen molar-refractivity contribution in [3.05, 3.63) is 35.9 Å². The molecule has 0 spiro atoms. The topological polar surface area (TPSA) is 46.6 Å². The van der Waals surface area contributed by atoms with E-state index in [-0.39, 0.29) is 6.10 Å². The minimum absolute atomic E-state index is 0.0983. The molecule has 2 aliphatic rings. The van der Waals surface area contributed by atoms with Gasteiger partial charge in [0.25, 0.3) is 10.1 Å². The first-order chi connectivity index (χ1) is 9.49. The zero-order valence-electron chi connectivity index (χ0n) is 11.7. The molecule has 2 fully saturated rings. The van der Waals surface area contributed by atoms with Crippen LogP contribution in [0.1, 0.15) is 18.4 Å². The van der Waals surface area contributed by atoms with Crippen LogP contribution in [0, 0.1) is 11.8 Å². The SMILES string of the molecule is CS(=O)(=O)O[C@@H]1C[C@@H]2CN(Cc3ccccc3)C[C@@H]2C1. The number of likely N-dealkylation sites (tertiary alicyclic amines) is 1. The molecule has 20 heavy (non-hydrogen) atoms. The molecule has 1 aliphatic carbocycles. The zero-order valence-corrected chi connectivity index (χ0v) is 12.6. The first-order valence-corrected chi connectivity index (χ1v) is 8.96. The molecular formula is C15H21NO3S. The standard InChI is InChI=1S/C15H21NO3S/c1-20(17,18)19-15-7-13-10-16(11-14(13)8-15)9-12-5-3-2-4-6-12/h2-6,13-15H,7-11H2,1H3/t13-,14+,15-. The largest absolute Gasteiger partial charge is 0.299 e. The second-order valence-corrected chi connectivity index (χ2v) is 7.69. The molecule has 3 rings (SSSR count). The Hall–Kier alpha value is -0.910. The lowest BCUT2D eigenvalue weighted by Crippen LogP contribution is -2.24. The second kappa shape index (κ2) is 5.47. The molecule has 1 saturated carbocycles. The van der Waals surface area contributed by atoms with Crippen molar-refractivity contribution in [3.8, 4) is 0 Å². The third-order valence-corrected chi connectivity index (χ3v) is 4.96. The average molecular weight is 295 g/mol. The van der Waals surface area contributed by atoms with Gasteiger partial charge >= 0.3 is 0 Å². The van der Waals surface area contributed by atoms with Crippen LogP contribution in [0.4, 0.5) is 0 Å². The lowest BCUT2D eigenvalue weighted by Gasteiger charge is -2.18. The number of benzene rings is 1. The van der Waals surface area contributed by atoms with E-state index in [0.29, 0.717) is 11.8 Å². The minimum Gasteiger partial charge on any atom is -0.299 e. The van der Waals surface area contributed by atoms with Crippen LogP contribution in [0.3, 0.4) is 0 Å². The molecule has 0 bridgehead atoms. The normalized spacial score (nSPS) is 30.6. The summed E-state index contributed by atoms with van der Waals surface area (Å²) in [5, 5.41) is 0. The van der Waals surface area contributed by atoms with Gasteiger partial charge in [-0.05, 0) is 30.2 Å². The molecule has 0 aromatic heterocycles. The summed E-state index contributed by atoms with van der Waals surface area (Å²) in [4.78, 5) is 2.47. The van der Waals surface area contributed by atoms with Gasteiger partial charge in [-0.3, -0.25) is 9.08 Å². The van der Waals surface area contributed by atoms with E-state index in [1.54, 1.807) is 0 Å². The van der Waals surface area contributed by atoms with E-state index in [2.05, 4.69) is 29.2 Å². The van der Waals surface area contributed by atoms with Crippen molar-refractivity contribution in [2.45, 2.75) is 25.5 Å². The lowest BCUT2D eigenvalue weighted by atomic mass is 10.0. The molecule has 1 saturated heterocycles. The number of fused-ring (bicyclic) bond motifs is 1. The van der Waals surface area contributed by atoms with Gasteiger partial charge in [0.15, 0.2) is 0 Å². The molecule has 110 valence electrons. The predicted octanol–water partition coefficient (Wildman–Crippen LogP) is 1.87. The average Bonchev–Trinajstić information content (AvgIpc) is 2.85. The molecule has 0 radical (unpaired) electrons. The highest BCUT2D eigenvalue weighted by molar-refractivity contribution is 7.86. The van der Waals surface area contributed by atoms with Crippen LogP contribution < -0.4 is 0 Å². The van der Waals surface area contributed by atoms with Gasteiger partial charge in [-0.2, -0.15) is 8.42 Å². The summed E-state index contributed by atoms with van der Waals surface area (Å²) in [5.74, 6) is 1.18. The van der Waals surface area contributed by atoms with Crippen molar-refractivity contribution >= 4 is 10.1 Å². The van der Waals surface area contributed by atoms with E-state index in [4.69, 9.17) is 4.18 Å². The number of rotatable bonds is 4. The molecule has 5 heteroatoms. The first-order valence-electron chi connectivity index (χ1n) is 7.14. The summed E-state index contributed by atoms with van der Waals surface area (Å²) in [6, 6.07) is 10.5. The summed E-state index contributed by atoms with van der Waals surface area (Å²) < 4.78 is 27.5. The van der Waals surface area contributed by atoms with Crippen molar-refractivity contribution in [3.63, 3.8) is 0 Å². The maximum absolute atomic E-state index is 11.2. The molecular weight excluding hydrogens is 274 g/mol.